The van der Waals surface area contributed by atoms with Crippen LogP contribution < -0.4 is 0 Å². The van der Waals surface area contributed by atoms with Crippen molar-refractivity contribution in [3.63, 3.8) is 0 Å². The SMILES string of the molecule is [B]C1O[C@@H]2COP(=O)(O[C@@H]3CSSC[C@H]3OCC#C)O[C@H]2[C@@]1(C)O. The van der Waals surface area contributed by atoms with E-state index in [1.165, 1.54) is 6.92 Å². The summed E-state index contributed by atoms with van der Waals surface area (Å²) in [5, 5.41) is 10.4. The Morgan fingerprint density at radius 3 is 2.88 bits per heavy atom. The molecule has 3 saturated heterocycles. The van der Waals surface area contributed by atoms with E-state index in [-0.39, 0.29) is 19.3 Å². The molecular formula is C13H18BO7PS2. The standard InChI is InChI=1S/C13H18BO7PS2/c1-3-4-17-9-6-23-24-7-10(9)20-22(16)18-5-8-11(21-22)13(2,15)12(14)19-8/h1,8-12,15H,4-7H2,2H3/t8-,9-,10-,11-,12?,13-,22?/m1/s1. The number of terminal acetylenes is 1. The van der Waals surface area contributed by atoms with E-state index in [0.717, 1.165) is 0 Å². The Labute approximate surface area is 150 Å². The lowest BCUT2D eigenvalue weighted by molar-refractivity contribution is -0.0906. The van der Waals surface area contributed by atoms with Gasteiger partial charge in [-0.1, -0.05) is 27.5 Å². The Bertz CT molecular complexity index is 557. The van der Waals surface area contributed by atoms with Crippen LogP contribution in [-0.4, -0.2) is 73.7 Å². The van der Waals surface area contributed by atoms with Gasteiger partial charge in [0.2, 0.25) is 0 Å². The summed E-state index contributed by atoms with van der Waals surface area (Å²) in [5.41, 5.74) is -1.48. The molecule has 0 saturated carbocycles. The number of fused-ring (bicyclic) bond motifs is 1. The van der Waals surface area contributed by atoms with Crippen LogP contribution in [0.2, 0.25) is 0 Å². The summed E-state index contributed by atoms with van der Waals surface area (Å²) in [6.45, 7) is 1.59. The van der Waals surface area contributed by atoms with Gasteiger partial charge in [-0.2, -0.15) is 0 Å². The molecule has 3 aliphatic rings. The molecule has 24 heavy (non-hydrogen) atoms. The number of phosphoric acid groups is 1. The highest BCUT2D eigenvalue weighted by Gasteiger charge is 2.58. The van der Waals surface area contributed by atoms with Crippen LogP contribution in [0.1, 0.15) is 6.92 Å². The molecule has 3 heterocycles. The molecule has 0 bridgehead atoms. The van der Waals surface area contributed by atoms with E-state index in [1.807, 2.05) is 0 Å². The third-order valence-corrected chi connectivity index (χ3v) is 7.95. The quantitative estimate of drug-likeness (QED) is 0.325. The normalized spacial score (nSPS) is 48.6. The first-order chi connectivity index (χ1) is 11.4. The maximum absolute atomic E-state index is 12.9. The molecule has 0 spiro atoms. The predicted molar refractivity (Wildman–Crippen MR) is 91.8 cm³/mol. The van der Waals surface area contributed by atoms with Crippen molar-refractivity contribution >= 4 is 37.3 Å². The number of aliphatic hydroxyl groups is 1. The van der Waals surface area contributed by atoms with Crippen LogP contribution in [0.25, 0.3) is 0 Å². The Morgan fingerprint density at radius 1 is 1.46 bits per heavy atom. The summed E-state index contributed by atoms with van der Waals surface area (Å²) >= 11 is 0. The Kier molecular flexibility index (Phi) is 5.97. The molecule has 3 aliphatic heterocycles. The fraction of sp³-hybridized carbons (Fsp3) is 0.846. The largest absolute Gasteiger partial charge is 0.475 e. The van der Waals surface area contributed by atoms with Crippen molar-refractivity contribution in [3.8, 4) is 12.3 Å². The molecule has 2 unspecified atom stereocenters. The first-order valence-electron chi connectivity index (χ1n) is 7.40. The molecule has 3 rings (SSSR count). The van der Waals surface area contributed by atoms with Crippen molar-refractivity contribution in [2.75, 3.05) is 24.7 Å². The average Bonchev–Trinajstić information content (AvgIpc) is 2.76. The minimum atomic E-state index is -3.88. The molecule has 7 nitrogen and oxygen atoms in total. The van der Waals surface area contributed by atoms with Gasteiger partial charge in [0, 0.05) is 17.5 Å². The van der Waals surface area contributed by atoms with E-state index in [0.29, 0.717) is 11.5 Å². The maximum atomic E-state index is 12.9. The molecule has 0 aromatic rings. The van der Waals surface area contributed by atoms with E-state index in [4.69, 9.17) is 37.3 Å². The number of hydrogen-bond acceptors (Lipinski definition) is 9. The van der Waals surface area contributed by atoms with Crippen LogP contribution in [0.3, 0.4) is 0 Å². The lowest BCUT2D eigenvalue weighted by Crippen LogP contribution is -2.49. The van der Waals surface area contributed by atoms with Crippen LogP contribution in [0, 0.1) is 12.3 Å². The van der Waals surface area contributed by atoms with Gasteiger partial charge in [0.1, 0.15) is 38.4 Å². The van der Waals surface area contributed by atoms with E-state index in [1.54, 1.807) is 21.6 Å². The third kappa shape index (κ3) is 3.85. The number of ether oxygens (including phenoxy) is 2. The summed E-state index contributed by atoms with van der Waals surface area (Å²) < 4.78 is 40.2. The molecular weight excluding hydrogens is 374 g/mol. The van der Waals surface area contributed by atoms with Gasteiger partial charge in [-0.15, -0.1) is 6.42 Å². The highest BCUT2D eigenvalue weighted by molar-refractivity contribution is 8.76. The van der Waals surface area contributed by atoms with Crippen LogP contribution in [-0.2, 0) is 27.6 Å². The van der Waals surface area contributed by atoms with Gasteiger partial charge in [-0.05, 0) is 6.92 Å². The average molecular weight is 392 g/mol. The lowest BCUT2D eigenvalue weighted by atomic mass is 9.82. The molecule has 11 heteroatoms. The number of rotatable bonds is 4. The topological polar surface area (TPSA) is 83.5 Å². The van der Waals surface area contributed by atoms with Crippen LogP contribution in [0.4, 0.5) is 0 Å². The Morgan fingerprint density at radius 2 is 2.17 bits per heavy atom. The van der Waals surface area contributed by atoms with Crippen LogP contribution in [0.5, 0.6) is 0 Å². The smallest absolute Gasteiger partial charge is 0.385 e. The maximum Gasteiger partial charge on any atom is 0.475 e. The Hall–Kier alpha value is 0.315. The molecule has 0 amide bonds. The summed E-state index contributed by atoms with van der Waals surface area (Å²) in [6.07, 6.45) is 2.93. The molecule has 132 valence electrons. The van der Waals surface area contributed by atoms with Crippen molar-refractivity contribution in [1.82, 2.24) is 0 Å². The second-order valence-electron chi connectivity index (χ2n) is 5.86. The second-order valence-corrected chi connectivity index (χ2v) is 9.98. The van der Waals surface area contributed by atoms with Gasteiger partial charge in [0.25, 0.3) is 0 Å². The van der Waals surface area contributed by atoms with Gasteiger partial charge in [0.15, 0.2) is 0 Å². The van der Waals surface area contributed by atoms with Gasteiger partial charge < -0.3 is 14.6 Å². The zero-order valence-electron chi connectivity index (χ0n) is 13.0. The van der Waals surface area contributed by atoms with Crippen molar-refractivity contribution in [2.24, 2.45) is 0 Å². The summed E-state index contributed by atoms with van der Waals surface area (Å²) in [7, 11) is 5.07. The van der Waals surface area contributed by atoms with Gasteiger partial charge in [-0.25, -0.2) is 4.57 Å². The first-order valence-corrected chi connectivity index (χ1v) is 11.3. The third-order valence-electron chi connectivity index (χ3n) is 4.06. The minimum Gasteiger partial charge on any atom is -0.385 e. The van der Waals surface area contributed by atoms with Crippen molar-refractivity contribution in [2.45, 2.75) is 42.9 Å². The first kappa shape index (κ1) is 19.1. The molecule has 0 aromatic carbocycles. The second kappa shape index (κ2) is 7.51. The van der Waals surface area contributed by atoms with Crippen molar-refractivity contribution < 1.29 is 32.7 Å². The fourth-order valence-electron chi connectivity index (χ4n) is 2.65. The number of phosphoric ester groups is 1. The number of hydrogen-bond donors (Lipinski definition) is 1. The molecule has 3 fully saturated rings. The summed E-state index contributed by atoms with van der Waals surface area (Å²) in [6, 6.07) is -0.948. The lowest BCUT2D eigenvalue weighted by Gasteiger charge is -2.38. The molecule has 1 N–H and O–H groups in total. The Balaban J connectivity index is 1.68. The molecule has 0 aliphatic carbocycles. The van der Waals surface area contributed by atoms with Crippen LogP contribution in [0.15, 0.2) is 0 Å². The van der Waals surface area contributed by atoms with Gasteiger partial charge in [-0.3, -0.25) is 13.6 Å². The fourth-order valence-corrected chi connectivity index (χ4v) is 6.85. The van der Waals surface area contributed by atoms with E-state index < -0.39 is 37.7 Å². The summed E-state index contributed by atoms with van der Waals surface area (Å²) in [5.74, 6) is 3.61. The zero-order valence-corrected chi connectivity index (χ0v) is 15.6. The van der Waals surface area contributed by atoms with Crippen LogP contribution >= 0.6 is 29.4 Å². The minimum absolute atomic E-state index is 0.0315. The molecule has 7 atom stereocenters. The zero-order chi connectivity index (χ0) is 17.4. The van der Waals surface area contributed by atoms with Gasteiger partial charge in [0.05, 0.1) is 12.7 Å². The van der Waals surface area contributed by atoms with Crippen molar-refractivity contribution in [1.29, 1.82) is 0 Å². The van der Waals surface area contributed by atoms with E-state index in [2.05, 4.69) is 5.92 Å². The summed E-state index contributed by atoms with van der Waals surface area (Å²) in [4.78, 5) is 0. The molecule has 2 radical (unpaired) electrons. The predicted octanol–water partition coefficient (Wildman–Crippen LogP) is 0.953. The van der Waals surface area contributed by atoms with Gasteiger partial charge >= 0.3 is 7.82 Å². The monoisotopic (exact) mass is 392 g/mol. The highest BCUT2D eigenvalue weighted by atomic mass is 33.1. The van der Waals surface area contributed by atoms with E-state index >= 15 is 0 Å². The van der Waals surface area contributed by atoms with E-state index in [9.17, 15) is 9.67 Å². The van der Waals surface area contributed by atoms with Crippen molar-refractivity contribution in [3.05, 3.63) is 0 Å². The molecule has 0 aromatic heterocycles. The highest BCUT2D eigenvalue weighted by Crippen LogP contribution is 2.58.